The summed E-state index contributed by atoms with van der Waals surface area (Å²) in [6.07, 6.45) is 1.71. The minimum absolute atomic E-state index is 0.347. The molecule has 0 saturated carbocycles. The topological polar surface area (TPSA) is 113 Å². The Labute approximate surface area is 191 Å². The molecule has 4 rings (SSSR count). The Bertz CT molecular complexity index is 1230. The summed E-state index contributed by atoms with van der Waals surface area (Å²) >= 11 is 0. The van der Waals surface area contributed by atoms with E-state index < -0.39 is 0 Å². The smallest absolute Gasteiger partial charge is 0.323 e. The Morgan fingerprint density at radius 2 is 1.48 bits per heavy atom. The van der Waals surface area contributed by atoms with Gasteiger partial charge in [-0.1, -0.05) is 12.1 Å². The quantitative estimate of drug-likeness (QED) is 0.307. The van der Waals surface area contributed by atoms with Gasteiger partial charge < -0.3 is 26.0 Å². The van der Waals surface area contributed by atoms with E-state index >= 15 is 0 Å². The third-order valence-electron chi connectivity index (χ3n) is 4.50. The summed E-state index contributed by atoms with van der Waals surface area (Å²) in [5.41, 5.74) is 2.10. The van der Waals surface area contributed by atoms with Crippen LogP contribution in [0, 0.1) is 6.92 Å². The second-order valence-electron chi connectivity index (χ2n) is 7.04. The van der Waals surface area contributed by atoms with Crippen LogP contribution in [0.5, 0.6) is 5.75 Å². The van der Waals surface area contributed by atoms with Crippen LogP contribution in [0.1, 0.15) is 5.82 Å². The Balaban J connectivity index is 1.37. The number of aromatic nitrogens is 3. The van der Waals surface area contributed by atoms with E-state index in [2.05, 4.69) is 36.2 Å². The van der Waals surface area contributed by atoms with Gasteiger partial charge in [0.05, 0.1) is 7.11 Å². The third-order valence-corrected chi connectivity index (χ3v) is 4.50. The number of nitrogens with one attached hydrogen (secondary N) is 4. The Kier molecular flexibility index (Phi) is 6.60. The number of rotatable bonds is 7. The van der Waals surface area contributed by atoms with Gasteiger partial charge in [-0.15, -0.1) is 0 Å². The number of hydrogen-bond donors (Lipinski definition) is 4. The number of nitrogens with zero attached hydrogens (tertiary/aromatic N) is 3. The molecule has 0 saturated heterocycles. The Morgan fingerprint density at radius 1 is 0.758 bits per heavy atom. The molecular formula is C24H23N7O2. The van der Waals surface area contributed by atoms with Crippen LogP contribution in [0.4, 0.5) is 39.3 Å². The highest BCUT2D eigenvalue weighted by atomic mass is 16.5. The first kappa shape index (κ1) is 21.6. The van der Waals surface area contributed by atoms with Gasteiger partial charge in [-0.05, 0) is 55.5 Å². The lowest BCUT2D eigenvalue weighted by Crippen LogP contribution is -2.19. The van der Waals surface area contributed by atoms with Crippen molar-refractivity contribution in [3.8, 4) is 5.75 Å². The highest BCUT2D eigenvalue weighted by molar-refractivity contribution is 5.99. The monoisotopic (exact) mass is 441 g/mol. The van der Waals surface area contributed by atoms with E-state index in [9.17, 15) is 4.79 Å². The molecule has 2 aromatic heterocycles. The molecule has 0 radical (unpaired) electrons. The summed E-state index contributed by atoms with van der Waals surface area (Å²) < 4.78 is 5.17. The number of hydrogen-bond acceptors (Lipinski definition) is 7. The SMILES string of the molecule is COc1cccc(NC(=O)Nc2ccc(Nc3cc(Nc4ccccn4)nc(C)n3)cc2)c1. The lowest BCUT2D eigenvalue weighted by Gasteiger charge is -2.11. The molecule has 4 N–H and O–H groups in total. The molecule has 0 aliphatic carbocycles. The van der Waals surface area contributed by atoms with Crippen molar-refractivity contribution in [1.29, 1.82) is 0 Å². The van der Waals surface area contributed by atoms with Gasteiger partial charge in [-0.3, -0.25) is 0 Å². The molecule has 2 aromatic carbocycles. The number of carbonyl (C=O) groups excluding carboxylic acids is 1. The highest BCUT2D eigenvalue weighted by Gasteiger charge is 2.06. The van der Waals surface area contributed by atoms with E-state index in [0.29, 0.717) is 40.4 Å². The van der Waals surface area contributed by atoms with Gasteiger partial charge in [0.25, 0.3) is 0 Å². The van der Waals surface area contributed by atoms with Gasteiger partial charge in [0.15, 0.2) is 0 Å². The van der Waals surface area contributed by atoms with Crippen LogP contribution >= 0.6 is 0 Å². The first-order chi connectivity index (χ1) is 16.1. The summed E-state index contributed by atoms with van der Waals surface area (Å²) in [5.74, 6) is 3.25. The molecule has 2 amide bonds. The Hall–Kier alpha value is -4.66. The summed E-state index contributed by atoms with van der Waals surface area (Å²) in [5, 5.41) is 12.0. The molecule has 166 valence electrons. The van der Waals surface area contributed by atoms with E-state index in [1.54, 1.807) is 49.7 Å². The molecule has 2 heterocycles. The molecule has 0 aliphatic heterocycles. The standard InChI is InChI=1S/C24H23N7O2/c1-16-26-22(15-23(27-16)31-21-8-3-4-13-25-21)28-17-9-11-18(12-10-17)29-24(32)30-19-6-5-7-20(14-19)33-2/h3-15H,1-2H3,(H2,29,30,32)(H2,25,26,27,28,31). The zero-order valence-corrected chi connectivity index (χ0v) is 18.2. The molecule has 0 atom stereocenters. The van der Waals surface area contributed by atoms with Crippen molar-refractivity contribution in [2.24, 2.45) is 0 Å². The summed E-state index contributed by atoms with van der Waals surface area (Å²) in [6.45, 7) is 1.82. The summed E-state index contributed by atoms with van der Waals surface area (Å²) in [7, 11) is 1.58. The maximum absolute atomic E-state index is 12.3. The maximum atomic E-state index is 12.3. The number of benzene rings is 2. The highest BCUT2D eigenvalue weighted by Crippen LogP contribution is 2.22. The van der Waals surface area contributed by atoms with Gasteiger partial charge in [-0.25, -0.2) is 19.7 Å². The van der Waals surface area contributed by atoms with Crippen LogP contribution in [-0.4, -0.2) is 28.1 Å². The molecule has 0 aliphatic rings. The van der Waals surface area contributed by atoms with Crippen molar-refractivity contribution in [2.45, 2.75) is 6.92 Å². The summed E-state index contributed by atoms with van der Waals surface area (Å²) in [6, 6.07) is 21.5. The van der Waals surface area contributed by atoms with Gasteiger partial charge in [-0.2, -0.15) is 0 Å². The molecule has 0 unspecified atom stereocenters. The minimum atomic E-state index is -0.347. The number of ether oxygens (including phenoxy) is 1. The van der Waals surface area contributed by atoms with E-state index in [0.717, 1.165) is 5.69 Å². The predicted octanol–water partition coefficient (Wildman–Crippen LogP) is 5.32. The van der Waals surface area contributed by atoms with Crippen LogP contribution in [0.25, 0.3) is 0 Å². The Morgan fingerprint density at radius 3 is 2.21 bits per heavy atom. The lowest BCUT2D eigenvalue weighted by molar-refractivity contribution is 0.262. The van der Waals surface area contributed by atoms with Crippen LogP contribution in [0.15, 0.2) is 79.0 Å². The van der Waals surface area contributed by atoms with Gasteiger partial charge in [0.2, 0.25) is 0 Å². The largest absolute Gasteiger partial charge is 0.497 e. The van der Waals surface area contributed by atoms with Crippen molar-refractivity contribution in [1.82, 2.24) is 15.0 Å². The van der Waals surface area contributed by atoms with Crippen molar-refractivity contribution < 1.29 is 9.53 Å². The number of amides is 2. The average Bonchev–Trinajstić information content (AvgIpc) is 2.81. The van der Waals surface area contributed by atoms with Crippen LogP contribution in [0.3, 0.4) is 0 Å². The van der Waals surface area contributed by atoms with Crippen molar-refractivity contribution in [2.75, 3.05) is 28.4 Å². The van der Waals surface area contributed by atoms with Crippen LogP contribution in [0.2, 0.25) is 0 Å². The molecular weight excluding hydrogens is 418 g/mol. The van der Waals surface area contributed by atoms with Gasteiger partial charge in [0, 0.05) is 35.4 Å². The molecule has 0 fully saturated rings. The second kappa shape index (κ2) is 10.1. The fraction of sp³-hybridized carbons (Fsp3) is 0.0833. The lowest BCUT2D eigenvalue weighted by atomic mass is 10.2. The van der Waals surface area contributed by atoms with Gasteiger partial charge >= 0.3 is 6.03 Å². The number of carbonyl (C=O) groups is 1. The van der Waals surface area contributed by atoms with E-state index in [4.69, 9.17) is 4.74 Å². The van der Waals surface area contributed by atoms with E-state index in [1.807, 2.05) is 43.3 Å². The fourth-order valence-corrected chi connectivity index (χ4v) is 3.04. The fourth-order valence-electron chi connectivity index (χ4n) is 3.04. The van der Waals surface area contributed by atoms with Crippen molar-refractivity contribution in [3.63, 3.8) is 0 Å². The molecule has 0 spiro atoms. The number of anilines is 6. The van der Waals surface area contributed by atoms with Gasteiger partial charge in [0.1, 0.15) is 29.0 Å². The number of aryl methyl sites for hydroxylation is 1. The van der Waals surface area contributed by atoms with E-state index in [-0.39, 0.29) is 6.03 Å². The zero-order chi connectivity index (χ0) is 23.0. The second-order valence-corrected chi connectivity index (χ2v) is 7.04. The predicted molar refractivity (Wildman–Crippen MR) is 130 cm³/mol. The number of urea groups is 1. The van der Waals surface area contributed by atoms with Crippen molar-refractivity contribution in [3.05, 3.63) is 84.8 Å². The average molecular weight is 441 g/mol. The van der Waals surface area contributed by atoms with Crippen LogP contribution < -0.4 is 26.0 Å². The molecule has 33 heavy (non-hydrogen) atoms. The first-order valence-corrected chi connectivity index (χ1v) is 10.2. The molecule has 4 aromatic rings. The van der Waals surface area contributed by atoms with Crippen molar-refractivity contribution >= 4 is 40.5 Å². The molecule has 0 bridgehead atoms. The maximum Gasteiger partial charge on any atom is 0.323 e. The molecule has 9 nitrogen and oxygen atoms in total. The van der Waals surface area contributed by atoms with E-state index in [1.165, 1.54) is 0 Å². The third kappa shape index (κ3) is 6.17. The minimum Gasteiger partial charge on any atom is -0.497 e. The molecule has 9 heteroatoms. The van der Waals surface area contributed by atoms with Crippen LogP contribution in [-0.2, 0) is 0 Å². The first-order valence-electron chi connectivity index (χ1n) is 10.2. The zero-order valence-electron chi connectivity index (χ0n) is 18.2. The number of pyridine rings is 1. The normalized spacial score (nSPS) is 10.2. The number of methoxy groups -OCH3 is 1. The summed E-state index contributed by atoms with van der Waals surface area (Å²) in [4.78, 5) is 25.4.